The highest BCUT2D eigenvalue weighted by atomic mass is 32.1. The molecule has 1 amide bonds. The number of carboxylic acids is 2. The molecule has 28 heavy (non-hydrogen) atoms. The minimum Gasteiger partial charge on any atom is -0.481 e. The zero-order valence-corrected chi connectivity index (χ0v) is 16.3. The minimum absolute atomic E-state index is 0.192. The summed E-state index contributed by atoms with van der Waals surface area (Å²) in [4.78, 5) is 35.5. The fourth-order valence-corrected chi connectivity index (χ4v) is 2.82. The number of aliphatic carboxylic acids is 2. The Morgan fingerprint density at radius 3 is 2.25 bits per heavy atom. The Kier molecular flexibility index (Phi) is 10.9. The van der Waals surface area contributed by atoms with Gasteiger partial charge >= 0.3 is 11.9 Å². The molecule has 1 aromatic carbocycles. The number of hydrogen-bond acceptors (Lipinski definition) is 6. The van der Waals surface area contributed by atoms with Gasteiger partial charge in [-0.15, -0.1) is 11.3 Å². The van der Waals surface area contributed by atoms with Crippen molar-refractivity contribution in [2.24, 2.45) is 0 Å². The number of amides is 1. The van der Waals surface area contributed by atoms with E-state index in [1.54, 1.807) is 0 Å². The van der Waals surface area contributed by atoms with Gasteiger partial charge in [0, 0.05) is 18.2 Å². The molecule has 9 heteroatoms. The van der Waals surface area contributed by atoms with Crippen molar-refractivity contribution in [3.8, 4) is 0 Å². The summed E-state index contributed by atoms with van der Waals surface area (Å²) in [6.07, 6.45) is 3.44. The second-order valence-corrected chi connectivity index (χ2v) is 6.82. The molecule has 0 aliphatic heterocycles. The molecular weight excluding hydrogens is 382 g/mol. The van der Waals surface area contributed by atoms with Gasteiger partial charge in [-0.3, -0.25) is 14.4 Å². The lowest BCUT2D eigenvalue weighted by atomic mass is 10.1. The molecule has 0 atom stereocenters. The molecule has 0 bridgehead atoms. The van der Waals surface area contributed by atoms with Gasteiger partial charge in [0.15, 0.2) is 5.13 Å². The van der Waals surface area contributed by atoms with Crippen LogP contribution in [0, 0.1) is 0 Å². The number of thiazole rings is 1. The van der Waals surface area contributed by atoms with Gasteiger partial charge in [0.25, 0.3) is 0 Å². The number of carboxylic acid groups (broad SMARTS) is 2. The molecule has 0 fully saturated rings. The molecule has 0 aliphatic carbocycles. The van der Waals surface area contributed by atoms with Crippen LogP contribution in [0.4, 0.5) is 5.13 Å². The Hall–Kier alpha value is -2.94. The van der Waals surface area contributed by atoms with Crippen molar-refractivity contribution in [2.45, 2.75) is 38.5 Å². The quantitative estimate of drug-likeness (QED) is 0.473. The van der Waals surface area contributed by atoms with E-state index in [2.05, 4.69) is 10.3 Å². The van der Waals surface area contributed by atoms with E-state index in [1.807, 2.05) is 35.7 Å². The Morgan fingerprint density at radius 2 is 1.68 bits per heavy atom. The number of nitrogens with two attached hydrogens (primary N) is 1. The molecule has 0 saturated carbocycles. The van der Waals surface area contributed by atoms with Crippen molar-refractivity contribution in [3.63, 3.8) is 0 Å². The van der Waals surface area contributed by atoms with Crippen LogP contribution in [-0.2, 0) is 27.2 Å². The van der Waals surface area contributed by atoms with E-state index in [0.717, 1.165) is 18.5 Å². The molecule has 0 radical (unpaired) electrons. The van der Waals surface area contributed by atoms with Gasteiger partial charge in [-0.1, -0.05) is 30.3 Å². The molecule has 2 rings (SSSR count). The monoisotopic (exact) mass is 407 g/mol. The van der Waals surface area contributed by atoms with E-state index in [9.17, 15) is 14.4 Å². The van der Waals surface area contributed by atoms with Gasteiger partial charge in [0.2, 0.25) is 5.91 Å². The van der Waals surface area contributed by atoms with Crippen LogP contribution in [0.5, 0.6) is 0 Å². The highest BCUT2D eigenvalue weighted by Crippen LogP contribution is 2.12. The van der Waals surface area contributed by atoms with Crippen LogP contribution in [0.25, 0.3) is 0 Å². The lowest BCUT2D eigenvalue weighted by Gasteiger charge is -2.02. The number of nitrogen functional groups attached to an aromatic ring is 1. The SMILES string of the molecule is Nc1nc(CCCC(=O)O)cs1.O=C(O)CNC(=O)CCCc1ccccc1. The Morgan fingerprint density at radius 1 is 1.00 bits per heavy atom. The number of nitrogens with zero attached hydrogens (tertiary/aromatic N) is 1. The van der Waals surface area contributed by atoms with Gasteiger partial charge in [-0.05, 0) is 31.2 Å². The fraction of sp³-hybridized carbons (Fsp3) is 0.368. The third-order valence-corrected chi connectivity index (χ3v) is 4.26. The largest absolute Gasteiger partial charge is 0.481 e. The molecule has 8 nitrogen and oxygen atoms in total. The summed E-state index contributed by atoms with van der Waals surface area (Å²) in [6.45, 7) is -0.301. The van der Waals surface area contributed by atoms with Gasteiger partial charge in [-0.2, -0.15) is 0 Å². The number of nitrogens with one attached hydrogen (secondary N) is 1. The second kappa shape index (κ2) is 13.3. The molecule has 0 aliphatic rings. The molecule has 0 saturated heterocycles. The van der Waals surface area contributed by atoms with E-state index in [4.69, 9.17) is 15.9 Å². The smallest absolute Gasteiger partial charge is 0.322 e. The first kappa shape index (κ1) is 23.1. The molecule has 152 valence electrons. The molecule has 0 unspecified atom stereocenters. The molecule has 5 N–H and O–H groups in total. The number of aromatic nitrogens is 1. The van der Waals surface area contributed by atoms with Crippen LogP contribution in [0.1, 0.15) is 36.9 Å². The van der Waals surface area contributed by atoms with Crippen molar-refractivity contribution >= 4 is 34.3 Å². The number of rotatable bonds is 10. The topological polar surface area (TPSA) is 143 Å². The molecule has 1 aromatic heterocycles. The zero-order valence-electron chi connectivity index (χ0n) is 15.5. The summed E-state index contributed by atoms with van der Waals surface area (Å²) in [7, 11) is 0. The summed E-state index contributed by atoms with van der Waals surface area (Å²) in [5, 5.41) is 21.4. The molecule has 0 spiro atoms. The number of benzene rings is 1. The van der Waals surface area contributed by atoms with Crippen molar-refractivity contribution in [1.29, 1.82) is 0 Å². The summed E-state index contributed by atoms with van der Waals surface area (Å²) in [5.41, 5.74) is 7.48. The lowest BCUT2D eigenvalue weighted by molar-refractivity contribution is -0.138. The minimum atomic E-state index is -1.02. The summed E-state index contributed by atoms with van der Waals surface area (Å²) >= 11 is 1.38. The Balaban J connectivity index is 0.000000292. The van der Waals surface area contributed by atoms with Gasteiger partial charge < -0.3 is 21.3 Å². The maximum Gasteiger partial charge on any atom is 0.322 e. The van der Waals surface area contributed by atoms with E-state index >= 15 is 0 Å². The van der Waals surface area contributed by atoms with Crippen LogP contribution in [-0.4, -0.2) is 39.6 Å². The predicted molar refractivity (Wildman–Crippen MR) is 107 cm³/mol. The Labute approximate surface area is 167 Å². The standard InChI is InChI=1S/C12H15NO3.C7H10N2O2S/c14-11(13-9-12(15)16)8-4-7-10-5-2-1-3-6-10;8-7-9-5(4-12-7)2-1-3-6(10)11/h1-3,5-6H,4,7-9H2,(H,13,14)(H,15,16);4H,1-3H2,(H2,8,9)(H,10,11). The van der Waals surface area contributed by atoms with Crippen molar-refractivity contribution in [3.05, 3.63) is 47.0 Å². The molecular formula is C19H25N3O5S. The second-order valence-electron chi connectivity index (χ2n) is 5.93. The first-order chi connectivity index (χ1) is 13.4. The first-order valence-electron chi connectivity index (χ1n) is 8.81. The number of aryl methyl sites for hydroxylation is 2. The van der Waals surface area contributed by atoms with E-state index in [1.165, 1.54) is 16.9 Å². The third-order valence-electron chi connectivity index (χ3n) is 3.54. The van der Waals surface area contributed by atoms with Crippen LogP contribution in [0.3, 0.4) is 0 Å². The Bertz CT molecular complexity index is 749. The highest BCUT2D eigenvalue weighted by molar-refractivity contribution is 7.13. The van der Waals surface area contributed by atoms with Crippen molar-refractivity contribution in [2.75, 3.05) is 12.3 Å². The molecule has 2 aromatic rings. The zero-order chi connectivity index (χ0) is 20.8. The van der Waals surface area contributed by atoms with E-state index in [-0.39, 0.29) is 18.9 Å². The number of carbonyl (C=O) groups excluding carboxylic acids is 1. The maximum atomic E-state index is 11.2. The van der Waals surface area contributed by atoms with Gasteiger partial charge in [0.05, 0.1) is 5.69 Å². The fourth-order valence-electron chi connectivity index (χ4n) is 2.22. The summed E-state index contributed by atoms with van der Waals surface area (Å²) in [6, 6.07) is 9.88. The van der Waals surface area contributed by atoms with Gasteiger partial charge in [-0.25, -0.2) is 4.98 Å². The lowest BCUT2D eigenvalue weighted by Crippen LogP contribution is -2.28. The van der Waals surface area contributed by atoms with Gasteiger partial charge in [0.1, 0.15) is 6.54 Å². The average molecular weight is 407 g/mol. The number of anilines is 1. The van der Waals surface area contributed by atoms with E-state index < -0.39 is 11.9 Å². The predicted octanol–water partition coefficient (Wildman–Crippen LogP) is 2.34. The third kappa shape index (κ3) is 11.6. The van der Waals surface area contributed by atoms with E-state index in [0.29, 0.717) is 24.4 Å². The van der Waals surface area contributed by atoms with Crippen LogP contribution in [0.2, 0.25) is 0 Å². The number of carbonyl (C=O) groups is 3. The van der Waals surface area contributed by atoms with Crippen molar-refractivity contribution in [1.82, 2.24) is 10.3 Å². The van der Waals surface area contributed by atoms with Crippen LogP contribution in [0.15, 0.2) is 35.7 Å². The maximum absolute atomic E-state index is 11.2. The average Bonchev–Trinajstić information content (AvgIpc) is 3.06. The summed E-state index contributed by atoms with van der Waals surface area (Å²) in [5.74, 6) is -1.99. The molecule has 1 heterocycles. The summed E-state index contributed by atoms with van der Waals surface area (Å²) < 4.78 is 0. The van der Waals surface area contributed by atoms with Crippen LogP contribution < -0.4 is 11.1 Å². The first-order valence-corrected chi connectivity index (χ1v) is 9.69. The van der Waals surface area contributed by atoms with Crippen molar-refractivity contribution < 1.29 is 24.6 Å². The normalized spacial score (nSPS) is 9.86. The van der Waals surface area contributed by atoms with Crippen LogP contribution >= 0.6 is 11.3 Å². The number of hydrogen-bond donors (Lipinski definition) is 4. The highest BCUT2D eigenvalue weighted by Gasteiger charge is 2.03.